The maximum atomic E-state index is 13.3. The van der Waals surface area contributed by atoms with Gasteiger partial charge in [-0.05, 0) is 38.7 Å². The van der Waals surface area contributed by atoms with Gasteiger partial charge < -0.3 is 20.1 Å². The van der Waals surface area contributed by atoms with E-state index in [0.717, 1.165) is 12.8 Å². The number of nitrogens with zero attached hydrogens (tertiary/aromatic N) is 4. The van der Waals surface area contributed by atoms with Crippen molar-refractivity contribution in [3.05, 3.63) is 33.8 Å². The second kappa shape index (κ2) is 9.01. The molecule has 4 rings (SSSR count). The molecule has 2 amide bonds. The van der Waals surface area contributed by atoms with Crippen molar-refractivity contribution in [3.63, 3.8) is 0 Å². The number of hydrogen-bond donors (Lipinski definition) is 2. The molecule has 2 aliphatic rings. The van der Waals surface area contributed by atoms with Crippen LogP contribution >= 0.6 is 0 Å². The van der Waals surface area contributed by atoms with Gasteiger partial charge in [0.25, 0.3) is 11.5 Å². The Morgan fingerprint density at radius 1 is 1.27 bits per heavy atom. The SMILES string of the molecule is CC(C)Cn1c(=O)c(C(=O)NC2CC2)c(O)n2ncc(/C=C/C(=O)N3[C@@H](C)COC[C@@H]3C)c12. The Hall–Kier alpha value is -3.14. The van der Waals surface area contributed by atoms with Crippen LogP contribution in [0.2, 0.25) is 0 Å². The standard InChI is InChI=1S/C23H31N5O5/c1-13(2)10-26-21-16(5-8-18(29)27-14(3)11-33-12-15(27)4)9-24-28(21)23(32)19(22(26)31)20(30)25-17-6-7-17/h5,8-9,13-15,17,32H,6-7,10-12H2,1-4H3,(H,25,30)/b8-5+/t14-,15-/m0/s1. The van der Waals surface area contributed by atoms with E-state index in [1.54, 1.807) is 11.0 Å². The minimum absolute atomic E-state index is 0.0395. The van der Waals surface area contributed by atoms with Crippen LogP contribution in [-0.4, -0.2) is 67.3 Å². The van der Waals surface area contributed by atoms with E-state index in [4.69, 9.17) is 4.74 Å². The molecule has 2 aromatic heterocycles. The number of carbonyl (C=O) groups is 2. The molecule has 3 heterocycles. The molecular weight excluding hydrogens is 426 g/mol. The zero-order valence-corrected chi connectivity index (χ0v) is 19.4. The second-order valence-corrected chi connectivity index (χ2v) is 9.41. The first-order valence-electron chi connectivity index (χ1n) is 11.4. The van der Waals surface area contributed by atoms with Crippen molar-refractivity contribution >= 4 is 23.5 Å². The zero-order valence-electron chi connectivity index (χ0n) is 19.4. The van der Waals surface area contributed by atoms with E-state index >= 15 is 0 Å². The summed E-state index contributed by atoms with van der Waals surface area (Å²) in [6.45, 7) is 9.06. The highest BCUT2D eigenvalue weighted by Gasteiger charge is 2.30. The Balaban J connectivity index is 1.75. The quantitative estimate of drug-likeness (QED) is 0.633. The van der Waals surface area contributed by atoms with Gasteiger partial charge in [0.2, 0.25) is 11.8 Å². The van der Waals surface area contributed by atoms with Gasteiger partial charge >= 0.3 is 0 Å². The van der Waals surface area contributed by atoms with Gasteiger partial charge in [0.05, 0.1) is 31.5 Å². The molecule has 2 aromatic rings. The van der Waals surface area contributed by atoms with E-state index in [1.807, 2.05) is 27.7 Å². The van der Waals surface area contributed by atoms with Gasteiger partial charge in [0.15, 0.2) is 5.56 Å². The molecular formula is C23H31N5O5. The third-order valence-corrected chi connectivity index (χ3v) is 5.93. The molecule has 1 aliphatic heterocycles. The van der Waals surface area contributed by atoms with Crippen LogP contribution < -0.4 is 10.9 Å². The first-order valence-corrected chi connectivity index (χ1v) is 11.4. The average molecular weight is 458 g/mol. The first-order chi connectivity index (χ1) is 15.7. The number of ether oxygens (including phenoxy) is 1. The summed E-state index contributed by atoms with van der Waals surface area (Å²) in [5.74, 6) is -1.18. The fraction of sp³-hybridized carbons (Fsp3) is 0.565. The molecule has 0 radical (unpaired) electrons. The number of carbonyl (C=O) groups excluding carboxylic acids is 2. The van der Waals surface area contributed by atoms with Crippen LogP contribution in [-0.2, 0) is 16.1 Å². The Labute approximate surface area is 191 Å². The van der Waals surface area contributed by atoms with Crippen molar-refractivity contribution < 1.29 is 19.4 Å². The van der Waals surface area contributed by atoms with Crippen LogP contribution in [0, 0.1) is 5.92 Å². The predicted octanol–water partition coefficient (Wildman–Crippen LogP) is 1.40. The monoisotopic (exact) mass is 457 g/mol. The average Bonchev–Trinajstić information content (AvgIpc) is 3.44. The molecule has 10 nitrogen and oxygen atoms in total. The summed E-state index contributed by atoms with van der Waals surface area (Å²) >= 11 is 0. The minimum Gasteiger partial charge on any atom is -0.492 e. The highest BCUT2D eigenvalue weighted by atomic mass is 16.5. The maximum Gasteiger partial charge on any atom is 0.270 e. The lowest BCUT2D eigenvalue weighted by Gasteiger charge is -2.38. The molecule has 33 heavy (non-hydrogen) atoms. The van der Waals surface area contributed by atoms with Gasteiger partial charge in [-0.3, -0.25) is 19.0 Å². The highest BCUT2D eigenvalue weighted by molar-refractivity contribution is 5.97. The van der Waals surface area contributed by atoms with Crippen molar-refractivity contribution in [1.29, 1.82) is 0 Å². The minimum atomic E-state index is -0.600. The normalized spacial score (nSPS) is 21.3. The van der Waals surface area contributed by atoms with Crippen molar-refractivity contribution in [2.24, 2.45) is 5.92 Å². The molecule has 0 aromatic carbocycles. The van der Waals surface area contributed by atoms with Crippen LogP contribution in [0.1, 0.15) is 56.5 Å². The van der Waals surface area contributed by atoms with Gasteiger partial charge in [-0.15, -0.1) is 0 Å². The van der Waals surface area contributed by atoms with E-state index < -0.39 is 17.3 Å². The lowest BCUT2D eigenvalue weighted by atomic mass is 10.1. The van der Waals surface area contributed by atoms with E-state index in [-0.39, 0.29) is 35.5 Å². The molecule has 0 spiro atoms. The van der Waals surface area contributed by atoms with Crippen LogP contribution in [0.5, 0.6) is 5.88 Å². The maximum absolute atomic E-state index is 13.3. The van der Waals surface area contributed by atoms with Crippen molar-refractivity contribution in [2.45, 2.75) is 65.2 Å². The third-order valence-electron chi connectivity index (χ3n) is 5.93. The molecule has 1 aliphatic carbocycles. The Kier molecular flexibility index (Phi) is 6.29. The van der Waals surface area contributed by atoms with E-state index in [0.29, 0.717) is 31.0 Å². The summed E-state index contributed by atoms with van der Waals surface area (Å²) in [5, 5.41) is 17.7. The zero-order chi connectivity index (χ0) is 23.9. The van der Waals surface area contributed by atoms with Crippen molar-refractivity contribution in [3.8, 4) is 5.88 Å². The van der Waals surface area contributed by atoms with Gasteiger partial charge in [-0.25, -0.2) is 0 Å². The molecule has 2 N–H and O–H groups in total. The van der Waals surface area contributed by atoms with Crippen LogP contribution in [0.3, 0.4) is 0 Å². The second-order valence-electron chi connectivity index (χ2n) is 9.41. The summed E-state index contributed by atoms with van der Waals surface area (Å²) in [6.07, 6.45) is 6.24. The number of aromatic nitrogens is 3. The smallest absolute Gasteiger partial charge is 0.270 e. The number of hydrogen-bond acceptors (Lipinski definition) is 6. The Morgan fingerprint density at radius 2 is 1.94 bits per heavy atom. The summed E-state index contributed by atoms with van der Waals surface area (Å²) in [4.78, 5) is 40.6. The van der Waals surface area contributed by atoms with Gasteiger partial charge in [-0.1, -0.05) is 13.8 Å². The number of amides is 2. The molecule has 1 saturated heterocycles. The van der Waals surface area contributed by atoms with E-state index in [1.165, 1.54) is 21.4 Å². The fourth-order valence-corrected chi connectivity index (χ4v) is 4.23. The topological polar surface area (TPSA) is 118 Å². The lowest BCUT2D eigenvalue weighted by molar-refractivity contribution is -0.138. The number of morpholine rings is 1. The van der Waals surface area contributed by atoms with Crippen LogP contribution in [0.25, 0.3) is 11.7 Å². The number of aromatic hydroxyl groups is 1. The van der Waals surface area contributed by atoms with E-state index in [2.05, 4.69) is 10.4 Å². The van der Waals surface area contributed by atoms with Crippen LogP contribution in [0.15, 0.2) is 17.1 Å². The lowest BCUT2D eigenvalue weighted by Crippen LogP contribution is -2.51. The summed E-state index contributed by atoms with van der Waals surface area (Å²) < 4.78 is 8.13. The summed E-state index contributed by atoms with van der Waals surface area (Å²) in [6, 6.07) is -0.0614. The number of rotatable bonds is 6. The highest BCUT2D eigenvalue weighted by Crippen LogP contribution is 2.24. The third kappa shape index (κ3) is 4.52. The van der Waals surface area contributed by atoms with Crippen molar-refractivity contribution in [1.82, 2.24) is 24.4 Å². The molecule has 2 atom stereocenters. The first kappa shape index (κ1) is 23.0. The molecule has 10 heteroatoms. The van der Waals surface area contributed by atoms with Gasteiger partial charge in [0, 0.05) is 24.2 Å². The van der Waals surface area contributed by atoms with Gasteiger partial charge in [-0.2, -0.15) is 9.61 Å². The summed E-state index contributed by atoms with van der Waals surface area (Å²) in [5.41, 5.74) is -0.0649. The molecule has 2 fully saturated rings. The van der Waals surface area contributed by atoms with Crippen LogP contribution in [0.4, 0.5) is 0 Å². The molecule has 178 valence electrons. The van der Waals surface area contributed by atoms with Gasteiger partial charge in [0.1, 0.15) is 5.65 Å². The molecule has 0 unspecified atom stereocenters. The molecule has 0 bridgehead atoms. The molecule has 1 saturated carbocycles. The number of fused-ring (bicyclic) bond motifs is 1. The van der Waals surface area contributed by atoms with E-state index in [9.17, 15) is 19.5 Å². The van der Waals surface area contributed by atoms with Crippen molar-refractivity contribution in [2.75, 3.05) is 13.2 Å². The fourth-order valence-electron chi connectivity index (χ4n) is 4.23. The predicted molar refractivity (Wildman–Crippen MR) is 122 cm³/mol. The number of nitrogens with one attached hydrogen (secondary N) is 1. The summed E-state index contributed by atoms with van der Waals surface area (Å²) in [7, 11) is 0. The Bertz CT molecular complexity index is 1150. The largest absolute Gasteiger partial charge is 0.492 e. The Morgan fingerprint density at radius 3 is 2.55 bits per heavy atom.